The fourth-order valence-electron chi connectivity index (χ4n) is 4.69. The van der Waals surface area contributed by atoms with Crippen LogP contribution < -0.4 is 10.9 Å². The maximum absolute atomic E-state index is 12.8. The standard InChI is InChI=1S/C26H34N4O4/c1-16-12-18(15-29(4)24(16)31)23-28-20-13-17(10-11-21(20)30(23)5)14-27-22(26(2,3)33)25(32)34-19-8-6-7-9-19/h10-13,15,19,22,27,33H,6-9,14H2,1-5H3. The van der Waals surface area contributed by atoms with E-state index in [-0.39, 0.29) is 11.7 Å². The molecule has 1 aliphatic carbocycles. The lowest BCUT2D eigenvalue weighted by Gasteiger charge is -2.29. The Balaban J connectivity index is 1.55. The summed E-state index contributed by atoms with van der Waals surface area (Å²) in [6, 6.07) is 6.97. The first-order chi connectivity index (χ1) is 16.0. The number of benzene rings is 1. The van der Waals surface area contributed by atoms with E-state index in [9.17, 15) is 14.7 Å². The highest BCUT2D eigenvalue weighted by Gasteiger charge is 2.36. The molecule has 1 saturated carbocycles. The Labute approximate surface area is 199 Å². The highest BCUT2D eigenvalue weighted by Crippen LogP contribution is 2.25. The third-order valence-corrected chi connectivity index (χ3v) is 6.60. The number of fused-ring (bicyclic) bond motifs is 1. The molecule has 34 heavy (non-hydrogen) atoms. The summed E-state index contributed by atoms with van der Waals surface area (Å²) in [4.78, 5) is 29.7. The van der Waals surface area contributed by atoms with Crippen molar-refractivity contribution in [1.29, 1.82) is 0 Å². The predicted molar refractivity (Wildman–Crippen MR) is 131 cm³/mol. The molecule has 0 aliphatic heterocycles. The van der Waals surface area contributed by atoms with Crippen LogP contribution in [0.25, 0.3) is 22.4 Å². The lowest BCUT2D eigenvalue weighted by atomic mass is 9.98. The number of hydrogen-bond acceptors (Lipinski definition) is 6. The lowest BCUT2D eigenvalue weighted by molar-refractivity contribution is -0.157. The second-order valence-electron chi connectivity index (χ2n) is 9.96. The summed E-state index contributed by atoms with van der Waals surface area (Å²) < 4.78 is 9.23. The Morgan fingerprint density at radius 1 is 1.26 bits per heavy atom. The lowest BCUT2D eigenvalue weighted by Crippen LogP contribution is -2.53. The van der Waals surface area contributed by atoms with Crippen molar-refractivity contribution < 1.29 is 14.6 Å². The highest BCUT2D eigenvalue weighted by atomic mass is 16.5. The van der Waals surface area contributed by atoms with Gasteiger partial charge in [0.15, 0.2) is 0 Å². The van der Waals surface area contributed by atoms with Crippen LogP contribution >= 0.6 is 0 Å². The van der Waals surface area contributed by atoms with Gasteiger partial charge < -0.3 is 19.0 Å². The molecule has 1 atom stereocenters. The fourth-order valence-corrected chi connectivity index (χ4v) is 4.69. The first-order valence-corrected chi connectivity index (χ1v) is 11.8. The topological polar surface area (TPSA) is 98.4 Å². The maximum Gasteiger partial charge on any atom is 0.326 e. The molecule has 182 valence electrons. The molecule has 8 nitrogen and oxygen atoms in total. The van der Waals surface area contributed by atoms with Crippen LogP contribution in [0.3, 0.4) is 0 Å². The minimum Gasteiger partial charge on any atom is -0.461 e. The van der Waals surface area contributed by atoms with Gasteiger partial charge in [-0.2, -0.15) is 0 Å². The largest absolute Gasteiger partial charge is 0.461 e. The average Bonchev–Trinajstić information content (AvgIpc) is 3.38. The zero-order chi connectivity index (χ0) is 24.6. The number of hydrogen-bond donors (Lipinski definition) is 2. The van der Waals surface area contributed by atoms with Crippen molar-refractivity contribution in [2.45, 2.75) is 70.7 Å². The highest BCUT2D eigenvalue weighted by molar-refractivity contribution is 5.81. The van der Waals surface area contributed by atoms with E-state index in [1.807, 2.05) is 35.9 Å². The van der Waals surface area contributed by atoms with Crippen molar-refractivity contribution in [3.8, 4) is 11.4 Å². The third-order valence-electron chi connectivity index (χ3n) is 6.60. The van der Waals surface area contributed by atoms with Crippen LogP contribution in [0.15, 0.2) is 35.3 Å². The molecule has 2 N–H and O–H groups in total. The Kier molecular flexibility index (Phi) is 6.64. The van der Waals surface area contributed by atoms with Crippen LogP contribution in [0.4, 0.5) is 0 Å². The molecule has 0 saturated heterocycles. The molecule has 0 amide bonds. The Hall–Kier alpha value is -2.97. The van der Waals surface area contributed by atoms with E-state index in [1.54, 1.807) is 38.6 Å². The summed E-state index contributed by atoms with van der Waals surface area (Å²) >= 11 is 0. The number of pyridine rings is 1. The fraction of sp³-hybridized carbons (Fsp3) is 0.500. The van der Waals surface area contributed by atoms with E-state index in [2.05, 4.69) is 5.32 Å². The van der Waals surface area contributed by atoms with Gasteiger partial charge in [0.25, 0.3) is 5.56 Å². The summed E-state index contributed by atoms with van der Waals surface area (Å²) in [5, 5.41) is 13.8. The molecule has 1 aromatic carbocycles. The number of carbonyl (C=O) groups is 1. The van der Waals surface area contributed by atoms with Gasteiger partial charge in [0, 0.05) is 38.0 Å². The quantitative estimate of drug-likeness (QED) is 0.520. The van der Waals surface area contributed by atoms with Gasteiger partial charge in [-0.3, -0.25) is 14.9 Å². The Morgan fingerprint density at radius 3 is 2.62 bits per heavy atom. The van der Waals surface area contributed by atoms with Gasteiger partial charge in [0.2, 0.25) is 0 Å². The molecule has 0 spiro atoms. The molecule has 0 bridgehead atoms. The molecule has 0 radical (unpaired) electrons. The summed E-state index contributed by atoms with van der Waals surface area (Å²) in [7, 11) is 3.69. The zero-order valence-corrected chi connectivity index (χ0v) is 20.6. The molecule has 1 aliphatic rings. The average molecular weight is 467 g/mol. The van der Waals surface area contributed by atoms with Crippen molar-refractivity contribution in [1.82, 2.24) is 19.4 Å². The Morgan fingerprint density at radius 2 is 1.97 bits per heavy atom. The van der Waals surface area contributed by atoms with Crippen molar-refractivity contribution in [3.05, 3.63) is 51.9 Å². The van der Waals surface area contributed by atoms with Crippen molar-refractivity contribution in [2.75, 3.05) is 0 Å². The van der Waals surface area contributed by atoms with Crippen LogP contribution in [0.2, 0.25) is 0 Å². The van der Waals surface area contributed by atoms with Gasteiger partial charge in [-0.25, -0.2) is 4.98 Å². The van der Waals surface area contributed by atoms with Gasteiger partial charge in [0.1, 0.15) is 18.0 Å². The number of ether oxygens (including phenoxy) is 1. The van der Waals surface area contributed by atoms with Crippen molar-refractivity contribution in [3.63, 3.8) is 0 Å². The smallest absolute Gasteiger partial charge is 0.326 e. The van der Waals surface area contributed by atoms with Gasteiger partial charge in [-0.05, 0) is 70.2 Å². The number of rotatable bonds is 7. The molecule has 8 heteroatoms. The molecule has 4 rings (SSSR count). The summed E-state index contributed by atoms with van der Waals surface area (Å²) in [5.74, 6) is 0.360. The second-order valence-corrected chi connectivity index (χ2v) is 9.96. The normalized spacial score (nSPS) is 15.7. The molecule has 3 aromatic rings. The van der Waals surface area contributed by atoms with E-state index in [1.165, 1.54) is 0 Å². The first-order valence-electron chi connectivity index (χ1n) is 11.8. The minimum atomic E-state index is -1.26. The van der Waals surface area contributed by atoms with Crippen LogP contribution in [0.5, 0.6) is 0 Å². The number of nitrogens with one attached hydrogen (secondary N) is 1. The van der Waals surface area contributed by atoms with Crippen LogP contribution in [-0.2, 0) is 30.2 Å². The number of aliphatic hydroxyl groups is 1. The van der Waals surface area contributed by atoms with E-state index in [0.717, 1.165) is 53.7 Å². The zero-order valence-electron chi connectivity index (χ0n) is 20.6. The van der Waals surface area contributed by atoms with E-state index in [0.29, 0.717) is 12.1 Å². The number of aromatic nitrogens is 3. The van der Waals surface area contributed by atoms with Crippen LogP contribution in [0, 0.1) is 6.92 Å². The summed E-state index contributed by atoms with van der Waals surface area (Å²) in [6.45, 7) is 5.41. The first kappa shape index (κ1) is 24.2. The van der Waals surface area contributed by atoms with E-state index in [4.69, 9.17) is 9.72 Å². The van der Waals surface area contributed by atoms with Gasteiger partial charge in [0.05, 0.1) is 16.6 Å². The third kappa shape index (κ3) is 4.93. The number of imidazole rings is 1. The number of esters is 1. The van der Waals surface area contributed by atoms with E-state index >= 15 is 0 Å². The summed E-state index contributed by atoms with van der Waals surface area (Å²) in [6.07, 6.45) is 5.66. The molecular formula is C26H34N4O4. The molecular weight excluding hydrogens is 432 g/mol. The summed E-state index contributed by atoms with van der Waals surface area (Å²) in [5.41, 5.74) is 2.97. The number of aryl methyl sites for hydroxylation is 3. The molecule has 1 fully saturated rings. The maximum atomic E-state index is 12.8. The number of carbonyl (C=O) groups excluding carboxylic acids is 1. The van der Waals surface area contributed by atoms with Gasteiger partial charge in [-0.1, -0.05) is 6.07 Å². The van der Waals surface area contributed by atoms with Gasteiger partial charge >= 0.3 is 5.97 Å². The van der Waals surface area contributed by atoms with Gasteiger partial charge in [-0.15, -0.1) is 0 Å². The minimum absolute atomic E-state index is 0.0244. The second kappa shape index (κ2) is 9.35. The molecule has 2 aromatic heterocycles. The van der Waals surface area contributed by atoms with E-state index < -0.39 is 17.6 Å². The molecule has 1 unspecified atom stereocenters. The predicted octanol–water partition coefficient (Wildman–Crippen LogP) is 2.96. The van der Waals surface area contributed by atoms with Crippen molar-refractivity contribution in [2.24, 2.45) is 14.1 Å². The SMILES string of the molecule is Cc1cc(-c2nc3cc(CNC(C(=O)OC4CCCC4)C(C)(C)O)ccc3n2C)cn(C)c1=O. The van der Waals surface area contributed by atoms with Crippen LogP contribution in [-0.4, -0.2) is 42.9 Å². The molecule has 2 heterocycles. The van der Waals surface area contributed by atoms with Crippen molar-refractivity contribution >= 4 is 17.0 Å². The van der Waals surface area contributed by atoms with Crippen LogP contribution in [0.1, 0.15) is 50.7 Å². The Bertz CT molecular complexity index is 1240. The number of nitrogens with zero attached hydrogens (tertiary/aromatic N) is 3. The monoisotopic (exact) mass is 466 g/mol.